The van der Waals surface area contributed by atoms with Crippen LogP contribution in [0.2, 0.25) is 0 Å². The SMILES string of the molecule is Cc1cnn(-c2cc(NCc3cccc(C(F)(F)F)c3)ncn2)c1. The average molecular weight is 333 g/mol. The normalized spacial score (nSPS) is 11.5. The maximum atomic E-state index is 12.7. The number of aromatic nitrogens is 4. The minimum atomic E-state index is -4.35. The first-order valence-corrected chi connectivity index (χ1v) is 7.15. The van der Waals surface area contributed by atoms with Crippen molar-refractivity contribution in [3.8, 4) is 5.82 Å². The van der Waals surface area contributed by atoms with Gasteiger partial charge >= 0.3 is 6.18 Å². The lowest BCUT2D eigenvalue weighted by molar-refractivity contribution is -0.137. The third-order valence-corrected chi connectivity index (χ3v) is 3.33. The van der Waals surface area contributed by atoms with Gasteiger partial charge in [0.25, 0.3) is 0 Å². The number of aryl methyl sites for hydroxylation is 1. The fourth-order valence-corrected chi connectivity index (χ4v) is 2.16. The van der Waals surface area contributed by atoms with Crippen LogP contribution in [0, 0.1) is 6.92 Å². The van der Waals surface area contributed by atoms with Gasteiger partial charge in [0.2, 0.25) is 0 Å². The van der Waals surface area contributed by atoms with E-state index in [1.807, 2.05) is 13.1 Å². The minimum absolute atomic E-state index is 0.221. The van der Waals surface area contributed by atoms with Gasteiger partial charge in [0, 0.05) is 18.8 Å². The van der Waals surface area contributed by atoms with Crippen LogP contribution in [0.25, 0.3) is 5.82 Å². The summed E-state index contributed by atoms with van der Waals surface area (Å²) in [6.45, 7) is 2.13. The van der Waals surface area contributed by atoms with Gasteiger partial charge < -0.3 is 5.32 Å². The van der Waals surface area contributed by atoms with Crippen LogP contribution >= 0.6 is 0 Å². The van der Waals surface area contributed by atoms with E-state index in [9.17, 15) is 13.2 Å². The molecule has 5 nitrogen and oxygen atoms in total. The van der Waals surface area contributed by atoms with Crippen molar-refractivity contribution in [3.63, 3.8) is 0 Å². The Bertz CT molecular complexity index is 841. The first-order chi connectivity index (χ1) is 11.4. The van der Waals surface area contributed by atoms with Crippen molar-refractivity contribution < 1.29 is 13.2 Å². The molecule has 3 aromatic rings. The molecule has 0 aliphatic carbocycles. The van der Waals surface area contributed by atoms with E-state index in [1.54, 1.807) is 23.0 Å². The number of halogens is 3. The Labute approximate surface area is 136 Å². The lowest BCUT2D eigenvalue weighted by Gasteiger charge is -2.10. The molecular weight excluding hydrogens is 319 g/mol. The summed E-state index contributed by atoms with van der Waals surface area (Å²) in [5.74, 6) is 1.08. The highest BCUT2D eigenvalue weighted by molar-refractivity contribution is 5.41. The number of hydrogen-bond donors (Lipinski definition) is 1. The van der Waals surface area contributed by atoms with Gasteiger partial charge in [-0.1, -0.05) is 12.1 Å². The second-order valence-electron chi connectivity index (χ2n) is 5.28. The molecule has 0 saturated carbocycles. The van der Waals surface area contributed by atoms with Crippen LogP contribution in [0.3, 0.4) is 0 Å². The maximum absolute atomic E-state index is 12.7. The number of nitrogens with zero attached hydrogens (tertiary/aromatic N) is 4. The summed E-state index contributed by atoms with van der Waals surface area (Å²) in [6, 6.07) is 6.86. The number of hydrogen-bond acceptors (Lipinski definition) is 4. The van der Waals surface area contributed by atoms with Gasteiger partial charge in [-0.3, -0.25) is 0 Å². The second kappa shape index (κ2) is 6.31. The Hall–Kier alpha value is -2.90. The zero-order valence-corrected chi connectivity index (χ0v) is 12.7. The van der Waals surface area contributed by atoms with Crippen molar-refractivity contribution in [2.24, 2.45) is 0 Å². The van der Waals surface area contributed by atoms with Crippen molar-refractivity contribution in [1.29, 1.82) is 0 Å². The number of alkyl halides is 3. The summed E-state index contributed by atoms with van der Waals surface area (Å²) in [6.07, 6.45) is 0.549. The lowest BCUT2D eigenvalue weighted by Crippen LogP contribution is -2.08. The molecular formula is C16H14F3N5. The third kappa shape index (κ3) is 3.70. The number of nitrogens with one attached hydrogen (secondary N) is 1. The third-order valence-electron chi connectivity index (χ3n) is 3.33. The Morgan fingerprint density at radius 3 is 2.71 bits per heavy atom. The van der Waals surface area contributed by atoms with Gasteiger partial charge in [0.15, 0.2) is 5.82 Å². The Morgan fingerprint density at radius 1 is 1.17 bits per heavy atom. The van der Waals surface area contributed by atoms with E-state index in [1.165, 1.54) is 12.4 Å². The van der Waals surface area contributed by atoms with Gasteiger partial charge in [-0.2, -0.15) is 18.3 Å². The first kappa shape index (κ1) is 16.0. The van der Waals surface area contributed by atoms with E-state index in [0.29, 0.717) is 17.2 Å². The van der Waals surface area contributed by atoms with Crippen LogP contribution in [-0.4, -0.2) is 19.7 Å². The standard InChI is InChI=1S/C16H14F3N5/c1-11-7-23-24(9-11)15-6-14(21-10-22-15)20-8-12-3-2-4-13(5-12)16(17,18)19/h2-7,9-10H,8H2,1H3,(H,20,21,22). The summed E-state index contributed by atoms with van der Waals surface area (Å²) in [7, 11) is 0. The van der Waals surface area contributed by atoms with Crippen LogP contribution in [0.4, 0.5) is 19.0 Å². The number of anilines is 1. The summed E-state index contributed by atoms with van der Waals surface area (Å²) in [5, 5.41) is 7.15. The Morgan fingerprint density at radius 2 is 2.00 bits per heavy atom. The topological polar surface area (TPSA) is 55.6 Å². The minimum Gasteiger partial charge on any atom is -0.366 e. The molecule has 0 amide bonds. The zero-order chi connectivity index (χ0) is 17.2. The Balaban J connectivity index is 1.73. The smallest absolute Gasteiger partial charge is 0.366 e. The predicted molar refractivity (Wildman–Crippen MR) is 82.7 cm³/mol. The molecule has 1 aromatic carbocycles. The highest BCUT2D eigenvalue weighted by atomic mass is 19.4. The van der Waals surface area contributed by atoms with Crippen molar-refractivity contribution in [1.82, 2.24) is 19.7 Å². The molecule has 24 heavy (non-hydrogen) atoms. The molecule has 2 heterocycles. The van der Waals surface area contributed by atoms with E-state index in [4.69, 9.17) is 0 Å². The fourth-order valence-electron chi connectivity index (χ4n) is 2.16. The first-order valence-electron chi connectivity index (χ1n) is 7.15. The molecule has 0 aliphatic heterocycles. The predicted octanol–water partition coefficient (Wildman–Crippen LogP) is 3.60. The summed E-state index contributed by atoms with van der Waals surface area (Å²) in [5.41, 5.74) is 0.837. The van der Waals surface area contributed by atoms with Crippen LogP contribution in [0.5, 0.6) is 0 Å². The molecule has 124 valence electrons. The largest absolute Gasteiger partial charge is 0.416 e. The van der Waals surface area contributed by atoms with Crippen molar-refractivity contribution in [2.75, 3.05) is 5.32 Å². The summed E-state index contributed by atoms with van der Waals surface area (Å²) in [4.78, 5) is 8.20. The van der Waals surface area contributed by atoms with E-state index < -0.39 is 11.7 Å². The molecule has 0 bridgehead atoms. The molecule has 0 saturated heterocycles. The molecule has 0 aliphatic rings. The van der Waals surface area contributed by atoms with E-state index in [0.717, 1.165) is 17.7 Å². The van der Waals surface area contributed by atoms with E-state index in [-0.39, 0.29) is 6.54 Å². The van der Waals surface area contributed by atoms with Gasteiger partial charge in [0.1, 0.15) is 12.1 Å². The molecule has 1 N–H and O–H groups in total. The Kier molecular flexibility index (Phi) is 4.20. The summed E-state index contributed by atoms with van der Waals surface area (Å²) >= 11 is 0. The van der Waals surface area contributed by atoms with Crippen LogP contribution in [0.15, 0.2) is 49.1 Å². The van der Waals surface area contributed by atoms with Gasteiger partial charge in [0.05, 0.1) is 11.8 Å². The van der Waals surface area contributed by atoms with Crippen LogP contribution in [-0.2, 0) is 12.7 Å². The quantitative estimate of drug-likeness (QED) is 0.792. The molecule has 2 aromatic heterocycles. The van der Waals surface area contributed by atoms with Crippen molar-refractivity contribution in [2.45, 2.75) is 19.6 Å². The van der Waals surface area contributed by atoms with Gasteiger partial charge in [-0.15, -0.1) is 0 Å². The average Bonchev–Trinajstić information content (AvgIpc) is 2.99. The van der Waals surface area contributed by atoms with Crippen molar-refractivity contribution in [3.05, 3.63) is 65.7 Å². The summed E-state index contributed by atoms with van der Waals surface area (Å²) < 4.78 is 39.8. The molecule has 0 radical (unpaired) electrons. The van der Waals surface area contributed by atoms with E-state index in [2.05, 4.69) is 20.4 Å². The highest BCUT2D eigenvalue weighted by Gasteiger charge is 2.30. The fraction of sp³-hybridized carbons (Fsp3) is 0.188. The van der Waals surface area contributed by atoms with Crippen LogP contribution in [0.1, 0.15) is 16.7 Å². The molecule has 0 unspecified atom stereocenters. The van der Waals surface area contributed by atoms with Gasteiger partial charge in [-0.25, -0.2) is 14.6 Å². The molecule has 0 atom stereocenters. The second-order valence-corrected chi connectivity index (χ2v) is 5.28. The number of rotatable bonds is 4. The molecule has 0 fully saturated rings. The monoisotopic (exact) mass is 333 g/mol. The van der Waals surface area contributed by atoms with E-state index >= 15 is 0 Å². The molecule has 3 rings (SSSR count). The molecule has 0 spiro atoms. The highest BCUT2D eigenvalue weighted by Crippen LogP contribution is 2.29. The number of benzene rings is 1. The van der Waals surface area contributed by atoms with Crippen LogP contribution < -0.4 is 5.32 Å². The maximum Gasteiger partial charge on any atom is 0.416 e. The lowest BCUT2D eigenvalue weighted by atomic mass is 10.1. The molecule has 8 heteroatoms. The van der Waals surface area contributed by atoms with Crippen molar-refractivity contribution >= 4 is 5.82 Å². The van der Waals surface area contributed by atoms with Gasteiger partial charge in [-0.05, 0) is 30.2 Å². The zero-order valence-electron chi connectivity index (χ0n) is 12.7.